The van der Waals surface area contributed by atoms with Gasteiger partial charge in [-0.1, -0.05) is 149 Å². The van der Waals surface area contributed by atoms with Crippen molar-refractivity contribution < 1.29 is 8.83 Å². The van der Waals surface area contributed by atoms with E-state index in [0.29, 0.717) is 0 Å². The number of furan rings is 2. The number of rotatable bonds is 3. The van der Waals surface area contributed by atoms with Gasteiger partial charge in [-0.05, 0) is 169 Å². The largest absolute Gasteiger partial charge is 0.456 e. The van der Waals surface area contributed by atoms with Crippen LogP contribution in [-0.4, -0.2) is 6.85 Å². The molecule has 8 aromatic carbocycles. The smallest absolute Gasteiger partial charge is 0.343 e. The van der Waals surface area contributed by atoms with Crippen LogP contribution in [0.2, 0.25) is 0 Å². The summed E-state index contributed by atoms with van der Waals surface area (Å²) in [5, 5.41) is 5.90. The molecule has 0 fully saturated rings. The molecule has 0 saturated heterocycles. The Labute approximate surface area is 451 Å². The highest BCUT2D eigenvalue weighted by molar-refractivity contribution is 7.32. The molecule has 76 heavy (non-hydrogen) atoms. The topological polar surface area (TPSA) is 32.8 Å². The quantitative estimate of drug-likeness (QED) is 0.165. The minimum atomic E-state index is -0.205. The van der Waals surface area contributed by atoms with E-state index in [-0.39, 0.29) is 33.9 Å². The summed E-state index contributed by atoms with van der Waals surface area (Å²) in [5.74, 6) is 0. The second-order valence-corrected chi connectivity index (χ2v) is 27.7. The van der Waals surface area contributed by atoms with Crippen LogP contribution in [0.4, 0.5) is 28.4 Å². The zero-order chi connectivity index (χ0) is 52.2. The van der Waals surface area contributed by atoms with Crippen LogP contribution < -0.4 is 20.0 Å². The number of para-hydroxylation sites is 1. The molecule has 15 rings (SSSR count). The summed E-state index contributed by atoms with van der Waals surface area (Å²) in [6.45, 7) is 26.2. The van der Waals surface area contributed by atoms with Crippen LogP contribution in [0.3, 0.4) is 0 Å². The van der Waals surface area contributed by atoms with Gasteiger partial charge in [0, 0.05) is 65.1 Å². The standard InChI is InChI=1S/C70H65BN2O2S/c1-66(2,3)42-23-27-43(28-24-42)72-62-51-36-53-55(70(10,11)32-30-68(53,6)7)38-60(51)76-65(62)71-61-49(34-50-45-19-15-16-20-57(45)75-64(50)63(61)72)46-33-47-48-35-52-54(69(8,9)31-29-67(52,4)5)37-58(48)74-59(47)39-56(46)73(71)44-25-21-41(22-26-44)40-17-13-12-14-18-40/h12-28,33-39H,29-32H2,1-11H3. The third-order valence-electron chi connectivity index (χ3n) is 18.9. The third kappa shape index (κ3) is 6.49. The van der Waals surface area contributed by atoms with Crippen molar-refractivity contribution in [3.63, 3.8) is 0 Å². The summed E-state index contributed by atoms with van der Waals surface area (Å²) in [7, 11) is 0. The zero-order valence-electron chi connectivity index (χ0n) is 45.9. The van der Waals surface area contributed by atoms with E-state index in [4.69, 9.17) is 8.83 Å². The van der Waals surface area contributed by atoms with Crippen molar-refractivity contribution in [2.24, 2.45) is 0 Å². The lowest BCUT2D eigenvalue weighted by Crippen LogP contribution is -2.60. The number of hydrogen-bond donors (Lipinski definition) is 0. The maximum atomic E-state index is 7.33. The lowest BCUT2D eigenvalue weighted by molar-refractivity contribution is 0.332. The Bertz CT molecular complexity index is 4270. The summed E-state index contributed by atoms with van der Waals surface area (Å²) >= 11 is 1.99. The van der Waals surface area contributed by atoms with Crippen LogP contribution >= 0.6 is 11.3 Å². The van der Waals surface area contributed by atoms with Crippen molar-refractivity contribution >= 4 is 111 Å². The first kappa shape index (κ1) is 46.3. The molecular weight excluding hydrogens is 944 g/mol. The van der Waals surface area contributed by atoms with E-state index in [2.05, 4.69) is 231 Å². The Balaban J connectivity index is 1.10. The minimum absolute atomic E-state index is 0.00472. The summed E-state index contributed by atoms with van der Waals surface area (Å²) in [4.78, 5) is 5.29. The second-order valence-electron chi connectivity index (χ2n) is 26.6. The van der Waals surface area contributed by atoms with Crippen LogP contribution in [-0.2, 0) is 27.1 Å². The minimum Gasteiger partial charge on any atom is -0.456 e. The second kappa shape index (κ2) is 15.3. The van der Waals surface area contributed by atoms with Crippen molar-refractivity contribution in [2.45, 2.75) is 129 Å². The number of benzene rings is 8. The van der Waals surface area contributed by atoms with Crippen molar-refractivity contribution in [2.75, 3.05) is 9.71 Å². The van der Waals surface area contributed by atoms with Crippen molar-refractivity contribution in [1.82, 2.24) is 0 Å². The molecule has 4 aliphatic rings. The molecular formula is C70H65BN2O2S. The lowest BCUT2D eigenvalue weighted by Gasteiger charge is -2.44. The van der Waals surface area contributed by atoms with E-state index >= 15 is 0 Å². The third-order valence-corrected chi connectivity index (χ3v) is 20.1. The highest BCUT2D eigenvalue weighted by Gasteiger charge is 2.50. The maximum absolute atomic E-state index is 7.33. The molecule has 4 nitrogen and oxygen atoms in total. The van der Waals surface area contributed by atoms with Gasteiger partial charge in [-0.25, -0.2) is 0 Å². The number of thiophene rings is 1. The van der Waals surface area contributed by atoms with Crippen molar-refractivity contribution in [1.29, 1.82) is 0 Å². The van der Waals surface area contributed by atoms with E-state index in [1.54, 1.807) is 0 Å². The summed E-state index contributed by atoms with van der Waals surface area (Å²) in [6, 6.07) is 55.6. The Morgan fingerprint density at radius 2 is 1.03 bits per heavy atom. The molecule has 0 unspecified atom stereocenters. The Morgan fingerprint density at radius 1 is 0.474 bits per heavy atom. The van der Waals surface area contributed by atoms with Crippen molar-refractivity contribution in [3.8, 4) is 22.3 Å². The van der Waals surface area contributed by atoms with Crippen LogP contribution in [0.25, 0.3) is 76.2 Å². The molecule has 3 aromatic heterocycles. The number of hydrogen-bond acceptors (Lipinski definition) is 5. The average Bonchev–Trinajstić information content (AvgIpc) is 4.17. The fourth-order valence-electron chi connectivity index (χ4n) is 14.2. The fraction of sp³-hybridized carbons (Fsp3) is 0.286. The van der Waals surface area contributed by atoms with Gasteiger partial charge in [0.25, 0.3) is 0 Å². The Hall–Kier alpha value is -7.02. The molecule has 11 aromatic rings. The van der Waals surface area contributed by atoms with Crippen molar-refractivity contribution in [3.05, 3.63) is 173 Å². The monoisotopic (exact) mass is 1010 g/mol. The van der Waals surface area contributed by atoms with Gasteiger partial charge in [0.1, 0.15) is 16.7 Å². The number of anilines is 5. The van der Waals surface area contributed by atoms with E-state index in [0.717, 1.165) is 86.9 Å². The van der Waals surface area contributed by atoms with E-state index < -0.39 is 0 Å². The summed E-state index contributed by atoms with van der Waals surface area (Å²) in [5.41, 5.74) is 22.9. The van der Waals surface area contributed by atoms with Gasteiger partial charge in [0.2, 0.25) is 0 Å². The molecule has 0 atom stereocenters. The van der Waals surface area contributed by atoms with Gasteiger partial charge in [-0.15, -0.1) is 11.3 Å². The number of nitrogens with zero attached hydrogens (tertiary/aromatic N) is 2. The van der Waals surface area contributed by atoms with Gasteiger partial charge < -0.3 is 18.5 Å². The molecule has 5 heterocycles. The number of fused-ring (bicyclic) bond motifs is 15. The SMILES string of the molecule is CC(C)(C)c1ccc(N2c3c(sc4cc5c(cc34)C(C)(C)CCC5(C)C)B3c4c(cc5c(oc6ccccc65)c42)-c2cc4c(cc2N3c2ccc(-c3ccccc3)cc2)oc2cc3c(cc24)C(C)(C)CCC3(C)C)cc1. The molecule has 376 valence electrons. The fourth-order valence-corrected chi connectivity index (χ4v) is 15.5. The van der Waals surface area contributed by atoms with Gasteiger partial charge in [-0.2, -0.15) is 0 Å². The van der Waals surface area contributed by atoms with Crippen LogP contribution in [0, 0.1) is 0 Å². The van der Waals surface area contributed by atoms with Gasteiger partial charge in [0.05, 0.1) is 11.4 Å². The first-order valence-corrected chi connectivity index (χ1v) is 28.6. The van der Waals surface area contributed by atoms with E-state index in [1.807, 2.05) is 11.3 Å². The maximum Gasteiger partial charge on any atom is 0.343 e. The van der Waals surface area contributed by atoms with Crippen LogP contribution in [0.15, 0.2) is 154 Å². The first-order chi connectivity index (χ1) is 36.3. The first-order valence-electron chi connectivity index (χ1n) is 27.8. The van der Waals surface area contributed by atoms with Crippen LogP contribution in [0.1, 0.15) is 130 Å². The Morgan fingerprint density at radius 3 is 1.70 bits per heavy atom. The molecule has 0 radical (unpaired) electrons. The molecule has 0 amide bonds. The highest BCUT2D eigenvalue weighted by atomic mass is 32.1. The highest BCUT2D eigenvalue weighted by Crippen LogP contribution is 2.57. The molecule has 2 aliphatic heterocycles. The molecule has 2 aliphatic carbocycles. The summed E-state index contributed by atoms with van der Waals surface area (Å²) in [6.07, 6.45) is 4.62. The van der Waals surface area contributed by atoms with E-state index in [1.165, 1.54) is 81.5 Å². The predicted octanol–water partition coefficient (Wildman–Crippen LogP) is 19.1. The summed E-state index contributed by atoms with van der Waals surface area (Å²) < 4.78 is 17.2. The molecule has 6 heteroatoms. The van der Waals surface area contributed by atoms with Gasteiger partial charge >= 0.3 is 6.85 Å². The molecule has 0 bridgehead atoms. The van der Waals surface area contributed by atoms with Gasteiger partial charge in [-0.3, -0.25) is 0 Å². The Kier molecular flexibility index (Phi) is 9.35. The molecule has 0 N–H and O–H groups in total. The zero-order valence-corrected chi connectivity index (χ0v) is 46.7. The predicted molar refractivity (Wildman–Crippen MR) is 325 cm³/mol. The lowest BCUT2D eigenvalue weighted by atomic mass is 9.46. The normalized spacial score (nSPS) is 17.8. The van der Waals surface area contributed by atoms with E-state index in [9.17, 15) is 0 Å². The average molecular weight is 1010 g/mol. The van der Waals surface area contributed by atoms with Gasteiger partial charge in [0.15, 0.2) is 5.58 Å². The molecule has 0 spiro atoms. The molecule has 0 saturated carbocycles. The van der Waals surface area contributed by atoms with Crippen LogP contribution in [0.5, 0.6) is 0 Å².